The predicted molar refractivity (Wildman–Crippen MR) is 58.9 cm³/mol. The zero-order chi connectivity index (χ0) is 8.65. The van der Waals surface area contributed by atoms with Gasteiger partial charge in [0.15, 0.2) is 0 Å². The summed E-state index contributed by atoms with van der Waals surface area (Å²) in [7, 11) is 0. The van der Waals surface area contributed by atoms with Crippen molar-refractivity contribution in [1.82, 2.24) is 0 Å². The lowest BCUT2D eigenvalue weighted by Gasteiger charge is -2.20. The van der Waals surface area contributed by atoms with Gasteiger partial charge in [0.25, 0.3) is 0 Å². The molecule has 0 bridgehead atoms. The van der Waals surface area contributed by atoms with Crippen molar-refractivity contribution in [2.24, 2.45) is 0 Å². The fourth-order valence-corrected chi connectivity index (χ4v) is 4.26. The highest BCUT2D eigenvalue weighted by Crippen LogP contribution is 2.33. The minimum Gasteiger partial charge on any atom is -0.396 e. The lowest BCUT2D eigenvalue weighted by atomic mass is 10.2. The van der Waals surface area contributed by atoms with Crippen LogP contribution in [-0.4, -0.2) is 27.8 Å². The minimum absolute atomic E-state index is 0.366. The van der Waals surface area contributed by atoms with Crippen molar-refractivity contribution >= 4 is 23.5 Å². The average molecular weight is 206 g/mol. The summed E-state index contributed by atoms with van der Waals surface area (Å²) in [5.41, 5.74) is 0. The molecule has 0 radical (unpaired) electrons. The number of hydrogen-bond acceptors (Lipinski definition) is 3. The predicted octanol–water partition coefficient (Wildman–Crippen LogP) is 2.74. The Bertz CT molecular complexity index is 103. The molecule has 1 heterocycles. The van der Waals surface area contributed by atoms with Crippen LogP contribution in [0, 0.1) is 0 Å². The van der Waals surface area contributed by atoms with Gasteiger partial charge in [-0.1, -0.05) is 12.8 Å². The van der Waals surface area contributed by atoms with Gasteiger partial charge in [-0.05, 0) is 30.8 Å². The molecule has 1 fully saturated rings. The Balaban J connectivity index is 1.91. The van der Waals surface area contributed by atoms with Gasteiger partial charge in [-0.15, -0.1) is 23.5 Å². The zero-order valence-corrected chi connectivity index (χ0v) is 9.13. The van der Waals surface area contributed by atoms with E-state index in [0.717, 1.165) is 11.0 Å². The number of rotatable bonds is 5. The molecule has 0 aliphatic carbocycles. The van der Waals surface area contributed by atoms with Gasteiger partial charge in [-0.2, -0.15) is 0 Å². The number of aliphatic hydroxyl groups excluding tert-OH is 1. The molecule has 0 saturated carbocycles. The van der Waals surface area contributed by atoms with Gasteiger partial charge in [0, 0.05) is 6.61 Å². The van der Waals surface area contributed by atoms with Crippen LogP contribution in [0.15, 0.2) is 0 Å². The van der Waals surface area contributed by atoms with Crippen LogP contribution in [0.4, 0.5) is 0 Å². The molecule has 0 amide bonds. The number of thioether (sulfide) groups is 2. The first kappa shape index (κ1) is 10.7. The number of unbranched alkanes of at least 4 members (excludes halogenated alkanes) is 2. The SMILES string of the molecule is OCCCCCC1SCCCS1. The largest absolute Gasteiger partial charge is 0.396 e. The monoisotopic (exact) mass is 206 g/mol. The third-order valence-corrected chi connectivity index (χ3v) is 5.07. The summed E-state index contributed by atoms with van der Waals surface area (Å²) in [6, 6.07) is 0. The van der Waals surface area contributed by atoms with Crippen molar-refractivity contribution < 1.29 is 5.11 Å². The van der Waals surface area contributed by atoms with E-state index in [1.165, 1.54) is 37.2 Å². The van der Waals surface area contributed by atoms with Crippen LogP contribution in [0.5, 0.6) is 0 Å². The zero-order valence-electron chi connectivity index (χ0n) is 7.50. The van der Waals surface area contributed by atoms with Gasteiger partial charge in [0.1, 0.15) is 0 Å². The molecule has 12 heavy (non-hydrogen) atoms. The van der Waals surface area contributed by atoms with E-state index < -0.39 is 0 Å². The van der Waals surface area contributed by atoms with Gasteiger partial charge in [-0.3, -0.25) is 0 Å². The average Bonchev–Trinajstić information content (AvgIpc) is 2.14. The summed E-state index contributed by atoms with van der Waals surface area (Å²) in [5.74, 6) is 2.72. The van der Waals surface area contributed by atoms with E-state index in [9.17, 15) is 0 Å². The van der Waals surface area contributed by atoms with Gasteiger partial charge in [0.05, 0.1) is 4.58 Å². The smallest absolute Gasteiger partial charge is 0.0502 e. The standard InChI is InChI=1S/C9H18OS2/c10-6-3-1-2-5-9-11-7-4-8-12-9/h9-10H,1-8H2. The normalized spacial score (nSPS) is 19.8. The number of aliphatic hydroxyl groups is 1. The third kappa shape index (κ3) is 4.63. The lowest BCUT2D eigenvalue weighted by molar-refractivity contribution is 0.283. The molecule has 1 N–H and O–H groups in total. The van der Waals surface area contributed by atoms with Gasteiger partial charge in [-0.25, -0.2) is 0 Å². The Hall–Kier alpha value is 0.660. The molecular weight excluding hydrogens is 188 g/mol. The molecule has 1 saturated heterocycles. The van der Waals surface area contributed by atoms with E-state index in [2.05, 4.69) is 23.5 Å². The van der Waals surface area contributed by atoms with Crippen LogP contribution in [0.1, 0.15) is 32.1 Å². The van der Waals surface area contributed by atoms with E-state index in [0.29, 0.717) is 6.61 Å². The second-order valence-electron chi connectivity index (χ2n) is 3.10. The summed E-state index contributed by atoms with van der Waals surface area (Å²) >= 11 is 4.24. The topological polar surface area (TPSA) is 20.2 Å². The van der Waals surface area contributed by atoms with Crippen molar-refractivity contribution in [3.63, 3.8) is 0 Å². The summed E-state index contributed by atoms with van der Waals surface area (Å²) in [6.45, 7) is 0.366. The molecule has 1 aliphatic heterocycles. The van der Waals surface area contributed by atoms with Crippen molar-refractivity contribution in [2.45, 2.75) is 36.7 Å². The molecule has 0 aromatic rings. The van der Waals surface area contributed by atoms with Crippen molar-refractivity contribution in [2.75, 3.05) is 18.1 Å². The Kier molecular flexibility index (Phi) is 6.35. The second-order valence-corrected chi connectivity index (χ2v) is 6.02. The van der Waals surface area contributed by atoms with Crippen molar-refractivity contribution in [3.8, 4) is 0 Å². The Morgan fingerprint density at radius 2 is 1.83 bits per heavy atom. The lowest BCUT2D eigenvalue weighted by Crippen LogP contribution is -2.06. The van der Waals surface area contributed by atoms with Crippen LogP contribution < -0.4 is 0 Å². The second kappa shape index (κ2) is 7.10. The molecule has 0 aromatic carbocycles. The van der Waals surface area contributed by atoms with Crippen LogP contribution in [0.25, 0.3) is 0 Å². The molecule has 0 atom stereocenters. The van der Waals surface area contributed by atoms with E-state index in [1.54, 1.807) is 0 Å². The van der Waals surface area contributed by atoms with Crippen molar-refractivity contribution in [3.05, 3.63) is 0 Å². The van der Waals surface area contributed by atoms with Crippen LogP contribution in [0.3, 0.4) is 0 Å². The Morgan fingerprint density at radius 1 is 1.08 bits per heavy atom. The van der Waals surface area contributed by atoms with Gasteiger partial charge in [0.2, 0.25) is 0 Å². The maximum atomic E-state index is 8.59. The van der Waals surface area contributed by atoms with Gasteiger partial charge >= 0.3 is 0 Å². The Labute approximate surface area is 83.7 Å². The molecule has 1 rings (SSSR count). The first-order chi connectivity index (χ1) is 5.93. The summed E-state index contributed by atoms with van der Waals surface area (Å²) < 4.78 is 0.859. The molecule has 0 spiro atoms. The fourth-order valence-electron chi connectivity index (χ4n) is 1.30. The highest BCUT2D eigenvalue weighted by Gasteiger charge is 2.13. The molecule has 3 heteroatoms. The summed E-state index contributed by atoms with van der Waals surface area (Å²) in [6.07, 6.45) is 6.22. The minimum atomic E-state index is 0.366. The van der Waals surface area contributed by atoms with E-state index in [1.807, 2.05) is 0 Å². The van der Waals surface area contributed by atoms with Crippen LogP contribution in [-0.2, 0) is 0 Å². The molecular formula is C9H18OS2. The quantitative estimate of drug-likeness (QED) is 0.699. The van der Waals surface area contributed by atoms with E-state index in [4.69, 9.17) is 5.11 Å². The molecule has 0 aromatic heterocycles. The Morgan fingerprint density at radius 3 is 2.50 bits per heavy atom. The third-order valence-electron chi connectivity index (χ3n) is 1.99. The van der Waals surface area contributed by atoms with E-state index >= 15 is 0 Å². The first-order valence-electron chi connectivity index (χ1n) is 4.77. The van der Waals surface area contributed by atoms with Crippen LogP contribution >= 0.6 is 23.5 Å². The fraction of sp³-hybridized carbons (Fsp3) is 1.00. The maximum absolute atomic E-state index is 8.59. The first-order valence-corrected chi connectivity index (χ1v) is 6.87. The molecule has 1 nitrogen and oxygen atoms in total. The van der Waals surface area contributed by atoms with E-state index in [-0.39, 0.29) is 0 Å². The summed E-state index contributed by atoms with van der Waals surface area (Å²) in [4.78, 5) is 0. The number of hydrogen-bond donors (Lipinski definition) is 1. The molecule has 1 aliphatic rings. The van der Waals surface area contributed by atoms with Gasteiger partial charge < -0.3 is 5.11 Å². The highest BCUT2D eigenvalue weighted by molar-refractivity contribution is 8.17. The highest BCUT2D eigenvalue weighted by atomic mass is 32.2. The molecule has 0 unspecified atom stereocenters. The van der Waals surface area contributed by atoms with Crippen molar-refractivity contribution in [1.29, 1.82) is 0 Å². The summed E-state index contributed by atoms with van der Waals surface area (Å²) in [5, 5.41) is 8.59. The maximum Gasteiger partial charge on any atom is 0.0502 e. The van der Waals surface area contributed by atoms with Crippen LogP contribution in [0.2, 0.25) is 0 Å². The molecule has 72 valence electrons.